The molecule has 0 saturated heterocycles. The standard InChI is InChI=1S/C15H17N3O5/c1-21-9-11-3-4-13(23-11)14(19)17-5-6-18-10(8-17)7-12(16-18)15(20)22-2/h3-4,7H,5-6,8-9H2,1-2H3. The van der Waals surface area contributed by atoms with E-state index < -0.39 is 5.97 Å². The summed E-state index contributed by atoms with van der Waals surface area (Å²) in [4.78, 5) is 25.7. The van der Waals surface area contributed by atoms with E-state index in [-0.39, 0.29) is 17.4 Å². The predicted octanol–water partition coefficient (Wildman–Crippen LogP) is 1.07. The molecule has 2 aromatic rings. The summed E-state index contributed by atoms with van der Waals surface area (Å²) >= 11 is 0. The van der Waals surface area contributed by atoms with Crippen molar-refractivity contribution in [1.29, 1.82) is 0 Å². The summed E-state index contributed by atoms with van der Waals surface area (Å²) in [6, 6.07) is 5.01. The molecule has 0 fully saturated rings. The number of methoxy groups -OCH3 is 2. The molecule has 0 saturated carbocycles. The van der Waals surface area contributed by atoms with Crippen LogP contribution in [-0.4, -0.2) is 47.3 Å². The van der Waals surface area contributed by atoms with Gasteiger partial charge in [0.15, 0.2) is 11.5 Å². The first-order valence-corrected chi connectivity index (χ1v) is 7.14. The minimum atomic E-state index is -0.486. The first-order chi connectivity index (χ1) is 11.1. The number of ether oxygens (including phenoxy) is 2. The molecule has 8 heteroatoms. The smallest absolute Gasteiger partial charge is 0.358 e. The second-order valence-corrected chi connectivity index (χ2v) is 5.16. The van der Waals surface area contributed by atoms with Gasteiger partial charge in [0.05, 0.1) is 25.9 Å². The maximum Gasteiger partial charge on any atom is 0.358 e. The zero-order chi connectivity index (χ0) is 16.4. The summed E-state index contributed by atoms with van der Waals surface area (Å²) in [5.41, 5.74) is 1.03. The van der Waals surface area contributed by atoms with Crippen molar-refractivity contribution in [3.05, 3.63) is 41.1 Å². The van der Waals surface area contributed by atoms with Crippen LogP contribution < -0.4 is 0 Å². The lowest BCUT2D eigenvalue weighted by atomic mass is 10.2. The van der Waals surface area contributed by atoms with Crippen molar-refractivity contribution in [3.63, 3.8) is 0 Å². The Balaban J connectivity index is 1.74. The number of furan rings is 1. The molecule has 1 amide bonds. The quantitative estimate of drug-likeness (QED) is 0.783. The van der Waals surface area contributed by atoms with E-state index in [1.54, 1.807) is 34.9 Å². The van der Waals surface area contributed by atoms with Crippen molar-refractivity contribution in [2.45, 2.75) is 19.7 Å². The number of fused-ring (bicyclic) bond motifs is 1. The highest BCUT2D eigenvalue weighted by molar-refractivity contribution is 5.91. The van der Waals surface area contributed by atoms with Crippen LogP contribution in [0.25, 0.3) is 0 Å². The first kappa shape index (κ1) is 15.3. The van der Waals surface area contributed by atoms with Gasteiger partial charge in [-0.1, -0.05) is 0 Å². The summed E-state index contributed by atoms with van der Waals surface area (Å²) in [7, 11) is 2.87. The lowest BCUT2D eigenvalue weighted by Crippen LogP contribution is -2.38. The summed E-state index contributed by atoms with van der Waals surface area (Å²) in [5.74, 6) is 0.198. The zero-order valence-corrected chi connectivity index (χ0v) is 12.9. The second kappa shape index (κ2) is 6.25. The molecule has 0 N–H and O–H groups in total. The van der Waals surface area contributed by atoms with Gasteiger partial charge < -0.3 is 18.8 Å². The number of rotatable bonds is 4. The zero-order valence-electron chi connectivity index (χ0n) is 12.9. The lowest BCUT2D eigenvalue weighted by molar-refractivity contribution is 0.0590. The molecule has 3 heterocycles. The molecule has 1 aliphatic rings. The van der Waals surface area contributed by atoms with Crippen molar-refractivity contribution in [1.82, 2.24) is 14.7 Å². The molecule has 0 unspecified atom stereocenters. The van der Waals surface area contributed by atoms with E-state index in [4.69, 9.17) is 9.15 Å². The van der Waals surface area contributed by atoms with Gasteiger partial charge >= 0.3 is 5.97 Å². The molecule has 0 atom stereocenters. The van der Waals surface area contributed by atoms with Gasteiger partial charge in [-0.15, -0.1) is 0 Å². The topological polar surface area (TPSA) is 86.8 Å². The third-order valence-electron chi connectivity index (χ3n) is 3.64. The van der Waals surface area contributed by atoms with E-state index >= 15 is 0 Å². The van der Waals surface area contributed by atoms with Crippen LogP contribution in [0.2, 0.25) is 0 Å². The van der Waals surface area contributed by atoms with E-state index in [0.717, 1.165) is 5.69 Å². The minimum Gasteiger partial charge on any atom is -0.464 e. The van der Waals surface area contributed by atoms with Gasteiger partial charge in [-0.3, -0.25) is 9.48 Å². The predicted molar refractivity (Wildman–Crippen MR) is 77.7 cm³/mol. The molecular weight excluding hydrogens is 302 g/mol. The fourth-order valence-electron chi connectivity index (χ4n) is 2.51. The molecule has 0 aromatic carbocycles. The SMILES string of the molecule is COCc1ccc(C(=O)N2CCn3nc(C(=O)OC)cc3C2)o1. The third kappa shape index (κ3) is 2.98. The van der Waals surface area contributed by atoms with Gasteiger partial charge in [-0.2, -0.15) is 5.10 Å². The van der Waals surface area contributed by atoms with Gasteiger partial charge in [0.2, 0.25) is 0 Å². The lowest BCUT2D eigenvalue weighted by Gasteiger charge is -2.26. The molecule has 2 aromatic heterocycles. The van der Waals surface area contributed by atoms with Crippen LogP contribution in [0.5, 0.6) is 0 Å². The molecular formula is C15H17N3O5. The Hall–Kier alpha value is -2.61. The van der Waals surface area contributed by atoms with Crippen LogP contribution in [-0.2, 0) is 29.2 Å². The van der Waals surface area contributed by atoms with E-state index in [1.807, 2.05) is 0 Å². The van der Waals surface area contributed by atoms with E-state index in [0.29, 0.717) is 32.0 Å². The number of esters is 1. The van der Waals surface area contributed by atoms with Crippen molar-refractivity contribution in [3.8, 4) is 0 Å². The summed E-state index contributed by atoms with van der Waals surface area (Å²) in [5, 5.41) is 4.18. The molecule has 0 radical (unpaired) electrons. The van der Waals surface area contributed by atoms with Crippen LogP contribution in [0.1, 0.15) is 32.5 Å². The van der Waals surface area contributed by atoms with Gasteiger partial charge in [-0.25, -0.2) is 4.79 Å². The van der Waals surface area contributed by atoms with Crippen molar-refractivity contribution >= 4 is 11.9 Å². The van der Waals surface area contributed by atoms with Crippen molar-refractivity contribution in [2.24, 2.45) is 0 Å². The Kier molecular flexibility index (Phi) is 4.16. The second-order valence-electron chi connectivity index (χ2n) is 5.16. The number of amides is 1. The molecule has 0 aliphatic carbocycles. The highest BCUT2D eigenvalue weighted by Crippen LogP contribution is 2.18. The first-order valence-electron chi connectivity index (χ1n) is 7.14. The van der Waals surface area contributed by atoms with Gasteiger partial charge in [0, 0.05) is 13.7 Å². The highest BCUT2D eigenvalue weighted by atomic mass is 16.5. The number of hydrogen-bond donors (Lipinski definition) is 0. The maximum absolute atomic E-state index is 12.5. The largest absolute Gasteiger partial charge is 0.464 e. The molecule has 122 valence electrons. The maximum atomic E-state index is 12.5. The Morgan fingerprint density at radius 2 is 2.13 bits per heavy atom. The third-order valence-corrected chi connectivity index (χ3v) is 3.64. The Morgan fingerprint density at radius 1 is 1.30 bits per heavy atom. The summed E-state index contributed by atoms with van der Waals surface area (Å²) < 4.78 is 16.8. The van der Waals surface area contributed by atoms with Gasteiger partial charge in [0.1, 0.15) is 12.4 Å². The van der Waals surface area contributed by atoms with E-state index in [9.17, 15) is 9.59 Å². The van der Waals surface area contributed by atoms with Gasteiger partial charge in [-0.05, 0) is 18.2 Å². The number of nitrogens with zero attached hydrogens (tertiary/aromatic N) is 3. The summed E-state index contributed by atoms with van der Waals surface area (Å²) in [6.07, 6.45) is 0. The number of carbonyl (C=O) groups excluding carboxylic acids is 2. The molecule has 0 bridgehead atoms. The van der Waals surface area contributed by atoms with Crippen LogP contribution in [0.4, 0.5) is 0 Å². The molecule has 23 heavy (non-hydrogen) atoms. The molecule has 8 nitrogen and oxygen atoms in total. The average Bonchev–Trinajstić information content (AvgIpc) is 3.19. The van der Waals surface area contributed by atoms with E-state index in [1.165, 1.54) is 7.11 Å². The van der Waals surface area contributed by atoms with E-state index in [2.05, 4.69) is 9.84 Å². The van der Waals surface area contributed by atoms with Crippen LogP contribution in [0, 0.1) is 0 Å². The van der Waals surface area contributed by atoms with Crippen LogP contribution in [0.15, 0.2) is 22.6 Å². The van der Waals surface area contributed by atoms with Crippen LogP contribution >= 0.6 is 0 Å². The monoisotopic (exact) mass is 319 g/mol. The Labute approximate surface area is 132 Å². The molecule has 0 spiro atoms. The fraction of sp³-hybridized carbons (Fsp3) is 0.400. The fourth-order valence-corrected chi connectivity index (χ4v) is 2.51. The van der Waals surface area contributed by atoms with Crippen molar-refractivity contribution in [2.75, 3.05) is 20.8 Å². The van der Waals surface area contributed by atoms with Gasteiger partial charge in [0.25, 0.3) is 5.91 Å². The molecule has 3 rings (SSSR count). The number of hydrogen-bond acceptors (Lipinski definition) is 6. The Bertz CT molecular complexity index is 733. The Morgan fingerprint density at radius 3 is 2.87 bits per heavy atom. The normalized spacial score (nSPS) is 13.7. The molecule has 1 aliphatic heterocycles. The average molecular weight is 319 g/mol. The number of aromatic nitrogens is 2. The highest BCUT2D eigenvalue weighted by Gasteiger charge is 2.26. The van der Waals surface area contributed by atoms with Crippen LogP contribution in [0.3, 0.4) is 0 Å². The van der Waals surface area contributed by atoms with Crippen molar-refractivity contribution < 1.29 is 23.5 Å². The summed E-state index contributed by atoms with van der Waals surface area (Å²) in [6.45, 7) is 1.70. The minimum absolute atomic E-state index is 0.195. The number of carbonyl (C=O) groups is 2.